The minimum absolute atomic E-state index is 0.0983. The second kappa shape index (κ2) is 13.3. The highest BCUT2D eigenvalue weighted by atomic mass is 28.4. The quantitative estimate of drug-likeness (QED) is 0.140. The molecule has 0 fully saturated rings. The van der Waals surface area contributed by atoms with Gasteiger partial charge in [0.15, 0.2) is 16.6 Å². The number of methoxy groups -OCH3 is 1. The van der Waals surface area contributed by atoms with Crippen LogP contribution >= 0.6 is 0 Å². The summed E-state index contributed by atoms with van der Waals surface area (Å²) in [5.74, 6) is -0.0983. The molecule has 0 spiro atoms. The maximum Gasteiger partial charge on any atom is 0.192 e. The van der Waals surface area contributed by atoms with Crippen molar-refractivity contribution >= 4 is 16.6 Å². The van der Waals surface area contributed by atoms with Crippen molar-refractivity contribution in [3.63, 3.8) is 0 Å². The minimum Gasteiger partial charge on any atom is -0.417 e. The highest BCUT2D eigenvalue weighted by molar-refractivity contribution is 6.74. The molecule has 1 aromatic rings. The molecule has 1 aromatic carbocycles. The van der Waals surface area contributed by atoms with E-state index < -0.39 is 22.2 Å². The maximum absolute atomic E-state index is 12.1. The first-order valence-electron chi connectivity index (χ1n) is 14.8. The lowest BCUT2D eigenvalue weighted by molar-refractivity contribution is 0.0244. The highest BCUT2D eigenvalue weighted by Crippen LogP contribution is 2.47. The Labute approximate surface area is 236 Å². The van der Waals surface area contributed by atoms with Crippen LogP contribution in [0.1, 0.15) is 90.7 Å². The first-order valence-corrected chi connectivity index (χ1v) is 20.6. The van der Waals surface area contributed by atoms with Crippen molar-refractivity contribution in [3.8, 4) is 0 Å². The van der Waals surface area contributed by atoms with E-state index in [1.165, 1.54) is 11.1 Å². The lowest BCUT2D eigenvalue weighted by atomic mass is 9.78. The van der Waals surface area contributed by atoms with E-state index in [4.69, 9.17) is 13.6 Å². The fourth-order valence-corrected chi connectivity index (χ4v) is 7.09. The molecule has 4 nitrogen and oxygen atoms in total. The molecule has 0 aromatic heterocycles. The second-order valence-electron chi connectivity index (χ2n) is 14.4. The summed E-state index contributed by atoms with van der Waals surface area (Å²) in [5, 5.41) is 12.4. The van der Waals surface area contributed by atoms with Crippen LogP contribution in [-0.4, -0.2) is 53.8 Å². The maximum atomic E-state index is 12.1. The van der Waals surface area contributed by atoms with E-state index >= 15 is 0 Å². The van der Waals surface area contributed by atoms with Crippen LogP contribution in [-0.2, 0) is 20.0 Å². The summed E-state index contributed by atoms with van der Waals surface area (Å²) in [7, 11) is -2.01. The van der Waals surface area contributed by atoms with E-state index in [0.29, 0.717) is 6.42 Å². The van der Waals surface area contributed by atoms with Gasteiger partial charge in [-0.05, 0) is 85.9 Å². The fraction of sp³-hybridized carbons (Fsp3) is 0.750. The molecule has 3 atom stereocenters. The lowest BCUT2D eigenvalue weighted by Gasteiger charge is -2.42. The monoisotopic (exact) mass is 562 g/mol. The minimum atomic E-state index is -2.03. The Kier molecular flexibility index (Phi) is 11.7. The van der Waals surface area contributed by atoms with Gasteiger partial charge in [0.05, 0.1) is 11.7 Å². The van der Waals surface area contributed by atoms with Gasteiger partial charge in [-0.3, -0.25) is 0 Å². The SMILES string of the molecule is COCCCC[C@@]1(O)C=C[C@@H](O[Si](C)(C)C(C)(C)C)[C@@H]1c1ccccc1CCCCO[Si](C)(C)C(C)(C)C. The molecule has 2 rings (SSSR count). The van der Waals surface area contributed by atoms with E-state index in [-0.39, 0.29) is 22.1 Å². The van der Waals surface area contributed by atoms with Crippen molar-refractivity contribution < 1.29 is 18.7 Å². The van der Waals surface area contributed by atoms with Crippen LogP contribution in [0, 0.1) is 0 Å². The predicted octanol–water partition coefficient (Wildman–Crippen LogP) is 8.62. The molecule has 218 valence electrons. The van der Waals surface area contributed by atoms with Crippen molar-refractivity contribution in [1.29, 1.82) is 0 Å². The summed E-state index contributed by atoms with van der Waals surface area (Å²) in [6.45, 7) is 24.5. The molecule has 38 heavy (non-hydrogen) atoms. The number of ether oxygens (including phenoxy) is 1. The number of rotatable bonds is 14. The molecule has 0 amide bonds. The number of aryl methyl sites for hydroxylation is 1. The van der Waals surface area contributed by atoms with Crippen LogP contribution in [0.3, 0.4) is 0 Å². The Balaban J connectivity index is 2.24. The fourth-order valence-electron chi connectivity index (χ4n) is 4.75. The normalized spacial score (nSPS) is 22.8. The van der Waals surface area contributed by atoms with Gasteiger partial charge in [0.25, 0.3) is 0 Å². The smallest absolute Gasteiger partial charge is 0.192 e. The van der Waals surface area contributed by atoms with Crippen LogP contribution < -0.4 is 0 Å². The molecule has 1 aliphatic carbocycles. The molecular weight excluding hydrogens is 505 g/mol. The van der Waals surface area contributed by atoms with E-state index in [9.17, 15) is 5.11 Å². The number of hydrogen-bond acceptors (Lipinski definition) is 4. The number of hydrogen-bond donors (Lipinski definition) is 1. The van der Waals surface area contributed by atoms with Gasteiger partial charge in [0.1, 0.15) is 0 Å². The summed E-state index contributed by atoms with van der Waals surface area (Å²) in [5.41, 5.74) is 1.65. The Morgan fingerprint density at radius 3 is 2.05 bits per heavy atom. The first-order chi connectivity index (χ1) is 17.5. The third kappa shape index (κ3) is 8.61. The third-order valence-corrected chi connectivity index (χ3v) is 18.4. The summed E-state index contributed by atoms with van der Waals surface area (Å²) >= 11 is 0. The Morgan fingerprint density at radius 1 is 0.842 bits per heavy atom. The van der Waals surface area contributed by atoms with Crippen molar-refractivity contribution in [2.24, 2.45) is 0 Å². The largest absolute Gasteiger partial charge is 0.417 e. The number of benzene rings is 1. The average molecular weight is 563 g/mol. The van der Waals surface area contributed by atoms with Gasteiger partial charge in [-0.1, -0.05) is 78.0 Å². The number of unbranched alkanes of at least 4 members (excludes halogenated alkanes) is 2. The van der Waals surface area contributed by atoms with E-state index in [0.717, 1.165) is 45.3 Å². The Morgan fingerprint density at radius 2 is 1.45 bits per heavy atom. The van der Waals surface area contributed by atoms with Gasteiger partial charge >= 0.3 is 0 Å². The van der Waals surface area contributed by atoms with E-state index in [1.54, 1.807) is 7.11 Å². The molecule has 1 N–H and O–H groups in total. The molecule has 6 heteroatoms. The van der Waals surface area contributed by atoms with Crippen LogP contribution in [0.5, 0.6) is 0 Å². The highest BCUT2D eigenvalue weighted by Gasteiger charge is 2.49. The third-order valence-electron chi connectivity index (χ3n) is 9.35. The molecule has 0 saturated heterocycles. The lowest BCUT2D eigenvalue weighted by Crippen LogP contribution is -2.47. The topological polar surface area (TPSA) is 47.9 Å². The van der Waals surface area contributed by atoms with Crippen LogP contribution in [0.25, 0.3) is 0 Å². The second-order valence-corrected chi connectivity index (χ2v) is 24.0. The summed E-state index contributed by atoms with van der Waals surface area (Å²) in [6, 6.07) is 8.72. The van der Waals surface area contributed by atoms with Crippen LogP contribution in [0.15, 0.2) is 36.4 Å². The van der Waals surface area contributed by atoms with Crippen molar-refractivity contribution in [2.45, 2.75) is 134 Å². The molecule has 0 saturated carbocycles. The summed E-state index contributed by atoms with van der Waals surface area (Å²) < 4.78 is 18.7. The molecule has 0 aliphatic heterocycles. The van der Waals surface area contributed by atoms with Crippen molar-refractivity contribution in [1.82, 2.24) is 0 Å². The Hall–Kier alpha value is -0.766. The first kappa shape index (κ1) is 33.4. The number of aliphatic hydroxyl groups is 1. The summed E-state index contributed by atoms with van der Waals surface area (Å²) in [6.07, 6.45) is 9.75. The zero-order valence-corrected chi connectivity index (χ0v) is 28.4. The molecule has 1 aliphatic rings. The molecule has 0 bridgehead atoms. The molecular formula is C32H58O4Si2. The Bertz CT molecular complexity index is 897. The van der Waals surface area contributed by atoms with E-state index in [1.807, 2.05) is 6.08 Å². The summed E-state index contributed by atoms with van der Waals surface area (Å²) in [4.78, 5) is 0. The average Bonchev–Trinajstić information content (AvgIpc) is 3.10. The van der Waals surface area contributed by atoms with Crippen molar-refractivity contribution in [3.05, 3.63) is 47.5 Å². The van der Waals surface area contributed by atoms with Crippen LogP contribution in [0.4, 0.5) is 0 Å². The van der Waals surface area contributed by atoms with Gasteiger partial charge in [-0.2, -0.15) is 0 Å². The predicted molar refractivity (Wildman–Crippen MR) is 167 cm³/mol. The van der Waals surface area contributed by atoms with Gasteiger partial charge in [0, 0.05) is 26.2 Å². The standard InChI is InChI=1S/C32H58O4Si2/c1-30(2,3)37(8,9)35-25-16-14-19-26-18-12-13-20-27(26)29-28(36-38(10,11)31(4,5)6)21-23-32(29,33)22-15-17-24-34-7/h12-13,18,20-21,23,28-29,33H,14-17,19,22,24-25H2,1-11H3/t28-,29+,32-/m1/s1. The van der Waals surface area contributed by atoms with E-state index in [2.05, 4.69) is 98.1 Å². The van der Waals surface area contributed by atoms with Gasteiger partial charge in [-0.15, -0.1) is 0 Å². The molecule has 0 heterocycles. The van der Waals surface area contributed by atoms with Crippen molar-refractivity contribution in [2.75, 3.05) is 20.3 Å². The van der Waals surface area contributed by atoms with Gasteiger partial charge in [0.2, 0.25) is 0 Å². The van der Waals surface area contributed by atoms with Gasteiger partial charge in [-0.25, -0.2) is 0 Å². The zero-order valence-electron chi connectivity index (χ0n) is 26.4. The zero-order chi connectivity index (χ0) is 28.8. The van der Waals surface area contributed by atoms with Crippen LogP contribution in [0.2, 0.25) is 36.3 Å². The molecule has 0 radical (unpaired) electrons. The molecule has 0 unspecified atom stereocenters. The van der Waals surface area contributed by atoms with Gasteiger partial charge < -0.3 is 18.7 Å².